The van der Waals surface area contributed by atoms with Gasteiger partial charge in [0.1, 0.15) is 0 Å². The van der Waals surface area contributed by atoms with Crippen molar-refractivity contribution in [3.8, 4) is 0 Å². The van der Waals surface area contributed by atoms with Crippen molar-refractivity contribution in [3.63, 3.8) is 0 Å². The van der Waals surface area contributed by atoms with Gasteiger partial charge < -0.3 is 44.7 Å². The molecule has 0 saturated heterocycles. The summed E-state index contributed by atoms with van der Waals surface area (Å²) in [5.41, 5.74) is 5.75. The van der Waals surface area contributed by atoms with Gasteiger partial charge in [-0.05, 0) is 0 Å². The van der Waals surface area contributed by atoms with E-state index in [0.29, 0.717) is 0 Å². The second-order valence-corrected chi connectivity index (χ2v) is 1.95. The Morgan fingerprint density at radius 1 is 0.684 bits per heavy atom. The Hall–Kier alpha value is 1.40. The Bertz CT molecular complexity index is 29.4. The molecular weight excluding hydrogens is 570 g/mol. The maximum atomic E-state index is 5.75. The second kappa shape index (κ2) is 225. The summed E-state index contributed by atoms with van der Waals surface area (Å²) >= 11 is 0. The summed E-state index contributed by atoms with van der Waals surface area (Å²) in [6, 6.07) is 0. The molecule has 119 valence electrons. The van der Waals surface area contributed by atoms with Crippen molar-refractivity contribution in [3.05, 3.63) is 44.7 Å². The predicted octanol–water partition coefficient (Wildman–Crippen LogP) is 6.27. The first-order chi connectivity index (χ1) is 8.15. The predicted molar refractivity (Wildman–Crippen MR) is 89.8 cm³/mol. The van der Waals surface area contributed by atoms with Gasteiger partial charge in [-0.3, -0.25) is 0 Å². The second-order valence-electron chi connectivity index (χ2n) is 1.95. The zero-order valence-electron chi connectivity index (χ0n) is 15.2. The normalized spacial score (nSPS) is 4.42. The molecule has 0 amide bonds. The number of nitrogens with one attached hydrogen (secondary N) is 1. The minimum absolute atomic E-state index is 0. The van der Waals surface area contributed by atoms with Crippen LogP contribution < -0.4 is 0 Å². The van der Waals surface area contributed by atoms with E-state index in [2.05, 4.69) is 53.8 Å². The van der Waals surface area contributed by atoms with Crippen LogP contribution in [-0.2, 0) is 44.8 Å². The van der Waals surface area contributed by atoms with Gasteiger partial charge in [0.05, 0.1) is 0 Å². The molecule has 1 radical (unpaired) electrons. The molecule has 19 heavy (non-hydrogen) atoms. The molecule has 0 aromatic heterocycles. The van der Waals surface area contributed by atoms with E-state index < -0.39 is 0 Å². The summed E-state index contributed by atoms with van der Waals surface area (Å²) in [6.07, 6.45) is 0. The maximum absolute atomic E-state index is 5.75. The SMILES string of the molecule is C[C-](C)C.C[N-]C.C[NH-].[CH2-]C.[CH2-]C.[CH2-]C.[CH2-]C.[Ta+2].[Ta+5]. The van der Waals surface area contributed by atoms with Crippen molar-refractivity contribution in [1.82, 2.24) is 0 Å². The van der Waals surface area contributed by atoms with E-state index in [4.69, 9.17) is 5.73 Å². The summed E-state index contributed by atoms with van der Waals surface area (Å²) < 4.78 is 0. The first-order valence-corrected chi connectivity index (χ1v) is 5.72. The van der Waals surface area contributed by atoms with Crippen molar-refractivity contribution in [1.29, 1.82) is 0 Å². The molecule has 0 heterocycles. The Balaban J connectivity index is -0.00000000884. The van der Waals surface area contributed by atoms with Gasteiger partial charge in [-0.25, -0.2) is 0 Å². The molecule has 1 N–H and O–H groups in total. The van der Waals surface area contributed by atoms with Crippen molar-refractivity contribution in [2.75, 3.05) is 21.1 Å². The molecule has 0 unspecified atom stereocenters. The molecule has 0 aliphatic rings. The Kier molecular flexibility index (Phi) is 700. The van der Waals surface area contributed by atoms with Gasteiger partial charge in [0, 0.05) is 0 Å². The molecule has 4 heteroatoms. The summed E-state index contributed by atoms with van der Waals surface area (Å²) in [6.45, 7) is 26.2. The van der Waals surface area contributed by atoms with Crippen LogP contribution in [0, 0.1) is 33.6 Å². The van der Waals surface area contributed by atoms with E-state index in [9.17, 15) is 0 Å². The van der Waals surface area contributed by atoms with Crippen LogP contribution in [0.4, 0.5) is 0 Å². The number of hydrogen-bond donors (Lipinski definition) is 0. The van der Waals surface area contributed by atoms with Crippen LogP contribution in [0.15, 0.2) is 0 Å². The Morgan fingerprint density at radius 3 is 0.684 bits per heavy atom. The monoisotopic (exact) mass is 609 g/mol. The van der Waals surface area contributed by atoms with E-state index in [1.54, 1.807) is 41.8 Å². The van der Waals surface area contributed by atoms with Crippen LogP contribution in [0.3, 0.4) is 0 Å². The molecular formula is C15H39N2Ta2. The molecule has 0 bridgehead atoms. The summed E-state index contributed by atoms with van der Waals surface area (Å²) in [5.74, 6) is 1.42. The number of hydrogen-bond acceptors (Lipinski definition) is 0. The molecule has 0 atom stereocenters. The summed E-state index contributed by atoms with van der Waals surface area (Å²) in [7, 11) is 4.75. The van der Waals surface area contributed by atoms with Gasteiger partial charge in [0.25, 0.3) is 0 Å². The van der Waals surface area contributed by atoms with Crippen LogP contribution in [-0.4, -0.2) is 21.1 Å². The zero-order valence-corrected chi connectivity index (χ0v) is 21.6. The van der Waals surface area contributed by atoms with Crippen LogP contribution >= 0.6 is 0 Å². The van der Waals surface area contributed by atoms with E-state index in [1.165, 1.54) is 13.0 Å². The van der Waals surface area contributed by atoms with Crippen molar-refractivity contribution in [2.24, 2.45) is 0 Å². The molecule has 0 aliphatic heterocycles. The third-order valence-corrected chi connectivity index (χ3v) is 0. The Morgan fingerprint density at radius 2 is 0.684 bits per heavy atom. The Labute approximate surface area is 158 Å². The molecule has 0 aliphatic carbocycles. The molecule has 0 aromatic rings. The first kappa shape index (κ1) is 59.1. The minimum atomic E-state index is 0. The zero-order chi connectivity index (χ0) is 16.3. The number of rotatable bonds is 0. The van der Waals surface area contributed by atoms with Crippen molar-refractivity contribution >= 4 is 0 Å². The smallest absolute Gasteiger partial charge is 0.680 e. The fourth-order valence-electron chi connectivity index (χ4n) is 0. The molecule has 0 spiro atoms. The quantitative estimate of drug-likeness (QED) is 0.291. The molecule has 0 aromatic carbocycles. The summed E-state index contributed by atoms with van der Waals surface area (Å²) in [4.78, 5) is 0. The van der Waals surface area contributed by atoms with E-state index in [-0.39, 0.29) is 44.8 Å². The minimum Gasteiger partial charge on any atom is -0.680 e. The fourth-order valence-corrected chi connectivity index (χ4v) is 0. The van der Waals surface area contributed by atoms with Crippen molar-refractivity contribution in [2.45, 2.75) is 48.5 Å². The molecule has 0 saturated carbocycles. The van der Waals surface area contributed by atoms with Crippen molar-refractivity contribution < 1.29 is 44.8 Å². The van der Waals surface area contributed by atoms with Crippen LogP contribution in [0.2, 0.25) is 0 Å². The van der Waals surface area contributed by atoms with Crippen LogP contribution in [0.5, 0.6) is 0 Å². The third-order valence-electron chi connectivity index (χ3n) is 0. The number of nitrogens with zero attached hydrogens (tertiary/aromatic N) is 1. The van der Waals surface area contributed by atoms with Gasteiger partial charge in [-0.1, -0.05) is 0 Å². The van der Waals surface area contributed by atoms with E-state index >= 15 is 0 Å². The molecule has 0 fully saturated rings. The molecule has 2 nitrogen and oxygen atoms in total. The van der Waals surface area contributed by atoms with Gasteiger partial charge in [-0.2, -0.15) is 69.6 Å². The van der Waals surface area contributed by atoms with Crippen LogP contribution in [0.25, 0.3) is 11.1 Å². The standard InChI is InChI=1S/C4H9.C2H6N.4C2H5.CH4N.2Ta/c1-4(2)3;1-3-2;5*1-2;;/h1-3H3;1-2H3;4*1H2,2H3;2H,1H3;;/q7*-1;+2;+5. The average molecular weight is 609 g/mol. The average Bonchev–Trinajstić information content (AvgIpc) is 2.41. The largest absolute Gasteiger partial charge is 5.00 e. The van der Waals surface area contributed by atoms with Crippen LogP contribution in [0.1, 0.15) is 48.5 Å². The third kappa shape index (κ3) is 2990. The molecule has 0 rings (SSSR count). The van der Waals surface area contributed by atoms with Gasteiger partial charge in [-0.15, -0.1) is 0 Å². The summed E-state index contributed by atoms with van der Waals surface area (Å²) in [5, 5.41) is 3.50. The van der Waals surface area contributed by atoms with Gasteiger partial charge >= 0.3 is 44.8 Å². The first-order valence-electron chi connectivity index (χ1n) is 5.72. The maximum Gasteiger partial charge on any atom is 5.00 e. The van der Waals surface area contributed by atoms with Gasteiger partial charge in [0.2, 0.25) is 0 Å². The topological polar surface area (TPSA) is 37.9 Å². The van der Waals surface area contributed by atoms with Gasteiger partial charge in [0.15, 0.2) is 0 Å². The van der Waals surface area contributed by atoms with E-state index in [1.807, 2.05) is 0 Å². The van der Waals surface area contributed by atoms with E-state index in [0.717, 1.165) is 0 Å². The fraction of sp³-hybridized carbons (Fsp3) is 0.667.